The van der Waals surface area contributed by atoms with Crippen molar-refractivity contribution >= 4 is 6.03 Å². The number of oxazole rings is 1. The van der Waals surface area contributed by atoms with Crippen molar-refractivity contribution in [2.24, 2.45) is 0 Å². The van der Waals surface area contributed by atoms with E-state index in [1.54, 1.807) is 6.20 Å². The van der Waals surface area contributed by atoms with Gasteiger partial charge in [-0.15, -0.1) is 0 Å². The molecule has 3 rings (SSSR count). The molecule has 1 aliphatic rings. The molecule has 134 valence electrons. The summed E-state index contributed by atoms with van der Waals surface area (Å²) >= 11 is 0. The Balaban J connectivity index is 1.42. The molecule has 2 aromatic rings. The zero-order chi connectivity index (χ0) is 17.5. The van der Waals surface area contributed by atoms with E-state index < -0.39 is 0 Å². The van der Waals surface area contributed by atoms with E-state index in [1.165, 1.54) is 0 Å². The van der Waals surface area contributed by atoms with Gasteiger partial charge in [-0.25, -0.2) is 9.78 Å². The van der Waals surface area contributed by atoms with Gasteiger partial charge in [-0.2, -0.15) is 0 Å². The van der Waals surface area contributed by atoms with Gasteiger partial charge < -0.3 is 19.8 Å². The lowest BCUT2D eigenvalue weighted by Gasteiger charge is -2.29. The lowest BCUT2D eigenvalue weighted by atomic mass is 10.2. The Morgan fingerprint density at radius 1 is 1.28 bits per heavy atom. The second-order valence-corrected chi connectivity index (χ2v) is 6.13. The van der Waals surface area contributed by atoms with Gasteiger partial charge in [0, 0.05) is 31.2 Å². The molecule has 1 aromatic carbocycles. The summed E-state index contributed by atoms with van der Waals surface area (Å²) in [6.45, 7) is 6.39. The van der Waals surface area contributed by atoms with Crippen molar-refractivity contribution in [1.82, 2.24) is 20.5 Å². The van der Waals surface area contributed by atoms with Crippen LogP contribution in [0.4, 0.5) is 4.79 Å². The first-order chi connectivity index (χ1) is 12.2. The Labute approximate surface area is 147 Å². The van der Waals surface area contributed by atoms with Crippen molar-refractivity contribution in [3.63, 3.8) is 0 Å². The van der Waals surface area contributed by atoms with Crippen LogP contribution in [0.3, 0.4) is 0 Å². The van der Waals surface area contributed by atoms with E-state index in [0.717, 1.165) is 38.4 Å². The average molecular weight is 344 g/mol. The van der Waals surface area contributed by atoms with E-state index in [1.807, 2.05) is 37.3 Å². The monoisotopic (exact) mass is 344 g/mol. The summed E-state index contributed by atoms with van der Waals surface area (Å²) in [5, 5.41) is 5.72. The van der Waals surface area contributed by atoms with Crippen LogP contribution in [0.25, 0.3) is 11.3 Å². The summed E-state index contributed by atoms with van der Waals surface area (Å²) in [7, 11) is 0. The van der Waals surface area contributed by atoms with E-state index in [9.17, 15) is 4.79 Å². The number of nitrogens with one attached hydrogen (secondary N) is 2. The molecule has 2 N–H and O–H groups in total. The molecule has 7 nitrogen and oxygen atoms in total. The molecule has 0 unspecified atom stereocenters. The van der Waals surface area contributed by atoms with Crippen molar-refractivity contribution in [2.75, 3.05) is 32.8 Å². The molecule has 2 heterocycles. The van der Waals surface area contributed by atoms with Gasteiger partial charge in [-0.1, -0.05) is 30.3 Å². The van der Waals surface area contributed by atoms with Gasteiger partial charge in [-0.3, -0.25) is 4.90 Å². The number of aromatic nitrogens is 1. The van der Waals surface area contributed by atoms with Crippen LogP contribution in [0.1, 0.15) is 12.8 Å². The van der Waals surface area contributed by atoms with Crippen molar-refractivity contribution in [1.29, 1.82) is 0 Å². The summed E-state index contributed by atoms with van der Waals surface area (Å²) in [5.41, 5.74) is 0.963. The smallest absolute Gasteiger partial charge is 0.315 e. The van der Waals surface area contributed by atoms with Gasteiger partial charge in [0.1, 0.15) is 0 Å². The van der Waals surface area contributed by atoms with Gasteiger partial charge in [0.25, 0.3) is 0 Å². The normalized spacial score (nSPS) is 16.4. The number of amides is 2. The number of rotatable bonds is 6. The molecule has 0 aliphatic carbocycles. The molecule has 1 aromatic heterocycles. The van der Waals surface area contributed by atoms with Crippen molar-refractivity contribution in [3.8, 4) is 11.3 Å². The maximum absolute atomic E-state index is 12.0. The van der Waals surface area contributed by atoms with Crippen LogP contribution >= 0.6 is 0 Å². The molecule has 2 amide bonds. The second-order valence-electron chi connectivity index (χ2n) is 6.13. The molecule has 1 aliphatic heterocycles. The highest BCUT2D eigenvalue weighted by Gasteiger charge is 2.15. The number of benzene rings is 1. The van der Waals surface area contributed by atoms with Crippen LogP contribution < -0.4 is 10.6 Å². The number of ether oxygens (including phenoxy) is 1. The highest BCUT2D eigenvalue weighted by molar-refractivity contribution is 5.74. The minimum Gasteiger partial charge on any atom is -0.439 e. The van der Waals surface area contributed by atoms with Crippen LogP contribution in [-0.2, 0) is 11.3 Å². The molecule has 0 spiro atoms. The first kappa shape index (κ1) is 17.4. The molecule has 1 fully saturated rings. The molecule has 7 heteroatoms. The number of hydrogen-bond donors (Lipinski definition) is 2. The average Bonchev–Trinajstić information content (AvgIpc) is 3.10. The quantitative estimate of drug-likeness (QED) is 0.836. The topological polar surface area (TPSA) is 79.6 Å². The number of urea groups is 1. The second kappa shape index (κ2) is 8.64. The Bertz CT molecular complexity index is 668. The third-order valence-corrected chi connectivity index (χ3v) is 4.03. The molecule has 0 bridgehead atoms. The number of hydrogen-bond acceptors (Lipinski definition) is 5. The minimum atomic E-state index is -0.222. The fourth-order valence-corrected chi connectivity index (χ4v) is 2.78. The summed E-state index contributed by atoms with van der Waals surface area (Å²) < 4.78 is 11.0. The van der Waals surface area contributed by atoms with E-state index in [2.05, 4.69) is 20.5 Å². The largest absolute Gasteiger partial charge is 0.439 e. The zero-order valence-corrected chi connectivity index (χ0v) is 14.4. The predicted molar refractivity (Wildman–Crippen MR) is 94.0 cm³/mol. The van der Waals surface area contributed by atoms with Gasteiger partial charge in [0.2, 0.25) is 5.89 Å². The maximum atomic E-state index is 12.0. The van der Waals surface area contributed by atoms with Crippen molar-refractivity contribution in [3.05, 3.63) is 42.4 Å². The highest BCUT2D eigenvalue weighted by atomic mass is 16.5. The van der Waals surface area contributed by atoms with E-state index >= 15 is 0 Å². The first-order valence-electron chi connectivity index (χ1n) is 8.55. The molecular formula is C18H24N4O3. The summed E-state index contributed by atoms with van der Waals surface area (Å²) in [6.07, 6.45) is 1.67. The van der Waals surface area contributed by atoms with Crippen LogP contribution in [0.15, 0.2) is 40.9 Å². The fraction of sp³-hybridized carbons (Fsp3) is 0.444. The Morgan fingerprint density at radius 3 is 2.80 bits per heavy atom. The van der Waals surface area contributed by atoms with E-state index in [0.29, 0.717) is 11.7 Å². The van der Waals surface area contributed by atoms with Gasteiger partial charge >= 0.3 is 6.03 Å². The molecular weight excluding hydrogens is 320 g/mol. The molecule has 0 saturated carbocycles. The molecule has 1 saturated heterocycles. The summed E-state index contributed by atoms with van der Waals surface area (Å²) in [6, 6.07) is 9.58. The zero-order valence-electron chi connectivity index (χ0n) is 14.4. The summed E-state index contributed by atoms with van der Waals surface area (Å²) in [4.78, 5) is 18.5. The number of carbonyl (C=O) groups excluding carboxylic acids is 1. The number of nitrogens with zero attached hydrogens (tertiary/aromatic N) is 2. The van der Waals surface area contributed by atoms with Crippen LogP contribution in [0, 0.1) is 0 Å². The number of morpholine rings is 1. The molecule has 1 atom stereocenters. The van der Waals surface area contributed by atoms with Gasteiger partial charge in [0.05, 0.1) is 26.0 Å². The van der Waals surface area contributed by atoms with Crippen LogP contribution in [0.2, 0.25) is 0 Å². The highest BCUT2D eigenvalue weighted by Crippen LogP contribution is 2.19. The third kappa shape index (κ3) is 5.30. The SMILES string of the molecule is C[C@@H](CN1CCOCC1)NC(=O)NCc1ncc(-c2ccccc2)o1. The lowest BCUT2D eigenvalue weighted by molar-refractivity contribution is 0.0349. The number of carbonyl (C=O) groups is 1. The Morgan fingerprint density at radius 2 is 2.04 bits per heavy atom. The minimum absolute atomic E-state index is 0.0579. The van der Waals surface area contributed by atoms with Crippen LogP contribution in [-0.4, -0.2) is 54.8 Å². The maximum Gasteiger partial charge on any atom is 0.315 e. The fourth-order valence-electron chi connectivity index (χ4n) is 2.78. The Hall–Kier alpha value is -2.38. The van der Waals surface area contributed by atoms with Crippen molar-refractivity contribution < 1.29 is 13.9 Å². The van der Waals surface area contributed by atoms with Gasteiger partial charge in [-0.05, 0) is 6.92 Å². The lowest BCUT2D eigenvalue weighted by Crippen LogP contribution is -2.48. The third-order valence-electron chi connectivity index (χ3n) is 4.03. The van der Waals surface area contributed by atoms with E-state index in [-0.39, 0.29) is 18.6 Å². The molecule has 0 radical (unpaired) electrons. The molecule has 25 heavy (non-hydrogen) atoms. The predicted octanol–water partition coefficient (Wildman–Crippen LogP) is 1.86. The Kier molecular flexibility index (Phi) is 6.03. The van der Waals surface area contributed by atoms with Crippen LogP contribution in [0.5, 0.6) is 0 Å². The van der Waals surface area contributed by atoms with E-state index in [4.69, 9.17) is 9.15 Å². The van der Waals surface area contributed by atoms with Crippen molar-refractivity contribution in [2.45, 2.75) is 19.5 Å². The van der Waals surface area contributed by atoms with Gasteiger partial charge in [0.15, 0.2) is 5.76 Å². The first-order valence-corrected chi connectivity index (χ1v) is 8.55. The standard InChI is InChI=1S/C18H24N4O3/c1-14(13-22-7-9-24-10-8-22)21-18(23)20-12-17-19-11-16(25-17)15-5-3-2-4-6-15/h2-6,11,14H,7-10,12-13H2,1H3,(H2,20,21,23)/t14-/m0/s1. The summed E-state index contributed by atoms with van der Waals surface area (Å²) in [5.74, 6) is 1.17.